The fourth-order valence-electron chi connectivity index (χ4n) is 2.91. The van der Waals surface area contributed by atoms with Crippen molar-refractivity contribution in [3.8, 4) is 0 Å². The molecule has 0 radical (unpaired) electrons. The van der Waals surface area contributed by atoms with Crippen LogP contribution in [0.1, 0.15) is 47.0 Å². The SMILES string of the molecule is CCC=C1CC(=O)NCC2C1=CCCN2C(=O)OC(C)(C)C. The largest absolute Gasteiger partial charge is 0.444 e. The number of rotatable bonds is 1. The van der Waals surface area contributed by atoms with Gasteiger partial charge in [-0.1, -0.05) is 19.1 Å². The van der Waals surface area contributed by atoms with Gasteiger partial charge in [-0.3, -0.25) is 9.69 Å². The van der Waals surface area contributed by atoms with E-state index in [-0.39, 0.29) is 18.0 Å². The Labute approximate surface area is 132 Å². The first-order chi connectivity index (χ1) is 10.3. The molecule has 5 heteroatoms. The summed E-state index contributed by atoms with van der Waals surface area (Å²) in [6, 6.07) is -0.132. The van der Waals surface area contributed by atoms with Crippen molar-refractivity contribution >= 4 is 12.0 Å². The molecule has 1 atom stereocenters. The van der Waals surface area contributed by atoms with Crippen molar-refractivity contribution in [1.82, 2.24) is 10.2 Å². The fraction of sp³-hybridized carbons (Fsp3) is 0.647. The minimum Gasteiger partial charge on any atom is -0.444 e. The van der Waals surface area contributed by atoms with E-state index in [0.29, 0.717) is 19.5 Å². The molecule has 22 heavy (non-hydrogen) atoms. The summed E-state index contributed by atoms with van der Waals surface area (Å²) in [5, 5.41) is 2.91. The van der Waals surface area contributed by atoms with Gasteiger partial charge in [-0.2, -0.15) is 0 Å². The molecule has 0 aromatic heterocycles. The van der Waals surface area contributed by atoms with Crippen LogP contribution in [0.3, 0.4) is 0 Å². The van der Waals surface area contributed by atoms with Gasteiger partial charge in [0.25, 0.3) is 0 Å². The van der Waals surface area contributed by atoms with Crippen molar-refractivity contribution in [2.24, 2.45) is 0 Å². The van der Waals surface area contributed by atoms with E-state index >= 15 is 0 Å². The van der Waals surface area contributed by atoms with Crippen LogP contribution in [0.5, 0.6) is 0 Å². The highest BCUT2D eigenvalue weighted by Crippen LogP contribution is 2.29. The van der Waals surface area contributed by atoms with Crippen LogP contribution in [-0.2, 0) is 9.53 Å². The van der Waals surface area contributed by atoms with Crippen molar-refractivity contribution in [3.05, 3.63) is 23.3 Å². The highest BCUT2D eigenvalue weighted by Gasteiger charge is 2.35. The third-order valence-electron chi connectivity index (χ3n) is 3.76. The van der Waals surface area contributed by atoms with Crippen molar-refractivity contribution in [1.29, 1.82) is 0 Å². The van der Waals surface area contributed by atoms with Crippen molar-refractivity contribution < 1.29 is 14.3 Å². The second-order valence-corrected chi connectivity index (χ2v) is 6.76. The molecule has 2 aliphatic rings. The van der Waals surface area contributed by atoms with Gasteiger partial charge in [0, 0.05) is 13.1 Å². The number of fused-ring (bicyclic) bond motifs is 1. The van der Waals surface area contributed by atoms with Crippen LogP contribution in [0.2, 0.25) is 0 Å². The van der Waals surface area contributed by atoms with Gasteiger partial charge in [0.15, 0.2) is 0 Å². The fourth-order valence-corrected chi connectivity index (χ4v) is 2.91. The van der Waals surface area contributed by atoms with Crippen LogP contribution >= 0.6 is 0 Å². The molecule has 2 rings (SSSR count). The molecular weight excluding hydrogens is 280 g/mol. The van der Waals surface area contributed by atoms with E-state index in [1.165, 1.54) is 0 Å². The molecular formula is C17H26N2O3. The standard InChI is InChI=1S/C17H26N2O3/c1-5-7-12-10-15(20)18-11-14-13(12)8-6-9-19(14)16(21)22-17(2,3)4/h7-8,14H,5-6,9-11H2,1-4H3,(H,18,20). The monoisotopic (exact) mass is 306 g/mol. The summed E-state index contributed by atoms with van der Waals surface area (Å²) in [5.41, 5.74) is 1.61. The van der Waals surface area contributed by atoms with E-state index in [1.807, 2.05) is 20.8 Å². The molecule has 2 heterocycles. The lowest BCUT2D eigenvalue weighted by molar-refractivity contribution is -0.120. The quantitative estimate of drug-likeness (QED) is 0.810. The highest BCUT2D eigenvalue weighted by molar-refractivity contribution is 5.81. The van der Waals surface area contributed by atoms with E-state index in [1.54, 1.807) is 4.90 Å². The molecule has 0 aliphatic carbocycles. The number of allylic oxidation sites excluding steroid dienone is 1. The van der Waals surface area contributed by atoms with Crippen LogP contribution in [0.4, 0.5) is 4.79 Å². The van der Waals surface area contributed by atoms with E-state index in [9.17, 15) is 9.59 Å². The van der Waals surface area contributed by atoms with Gasteiger partial charge in [-0.25, -0.2) is 4.79 Å². The number of nitrogens with one attached hydrogen (secondary N) is 1. The molecule has 1 fully saturated rings. The highest BCUT2D eigenvalue weighted by atomic mass is 16.6. The van der Waals surface area contributed by atoms with E-state index in [2.05, 4.69) is 24.4 Å². The van der Waals surface area contributed by atoms with Crippen molar-refractivity contribution in [2.45, 2.75) is 58.6 Å². The Kier molecular flexibility index (Phi) is 4.94. The molecule has 5 nitrogen and oxygen atoms in total. The molecule has 1 unspecified atom stereocenters. The van der Waals surface area contributed by atoms with Gasteiger partial charge in [0.05, 0.1) is 12.5 Å². The van der Waals surface area contributed by atoms with Crippen LogP contribution in [-0.4, -0.2) is 41.6 Å². The molecule has 122 valence electrons. The maximum atomic E-state index is 12.5. The number of carbonyl (C=O) groups is 2. The number of hydrogen-bond acceptors (Lipinski definition) is 3. The Morgan fingerprint density at radius 1 is 1.50 bits per heavy atom. The minimum absolute atomic E-state index is 0.0131. The maximum absolute atomic E-state index is 12.5. The summed E-state index contributed by atoms with van der Waals surface area (Å²) in [6.07, 6.45) is 5.99. The predicted molar refractivity (Wildman–Crippen MR) is 85.4 cm³/mol. The van der Waals surface area contributed by atoms with Gasteiger partial charge >= 0.3 is 6.09 Å². The van der Waals surface area contributed by atoms with E-state index in [4.69, 9.17) is 4.74 Å². The molecule has 0 spiro atoms. The number of nitrogens with zero attached hydrogens (tertiary/aromatic N) is 1. The minimum atomic E-state index is -0.519. The predicted octanol–water partition coefficient (Wildman–Crippen LogP) is 2.78. The number of hydrogen-bond donors (Lipinski definition) is 1. The first kappa shape index (κ1) is 16.6. The Morgan fingerprint density at radius 3 is 2.86 bits per heavy atom. The number of carbonyl (C=O) groups excluding carboxylic acids is 2. The van der Waals surface area contributed by atoms with Gasteiger partial charge in [0.1, 0.15) is 5.60 Å². The molecule has 0 saturated carbocycles. The normalized spacial score (nSPS) is 24.3. The third kappa shape index (κ3) is 3.90. The van der Waals surface area contributed by atoms with Crippen LogP contribution in [0.15, 0.2) is 23.3 Å². The molecule has 1 N–H and O–H groups in total. The summed E-state index contributed by atoms with van der Waals surface area (Å²) in [5.74, 6) is 0.0131. The molecule has 2 amide bonds. The summed E-state index contributed by atoms with van der Waals surface area (Å²) in [7, 11) is 0. The van der Waals surface area contributed by atoms with Crippen molar-refractivity contribution in [3.63, 3.8) is 0 Å². The molecule has 0 aromatic carbocycles. The Morgan fingerprint density at radius 2 is 2.23 bits per heavy atom. The zero-order valence-corrected chi connectivity index (χ0v) is 13.9. The van der Waals surface area contributed by atoms with Crippen LogP contribution < -0.4 is 5.32 Å². The van der Waals surface area contributed by atoms with Gasteiger partial charge in [-0.15, -0.1) is 0 Å². The summed E-state index contributed by atoms with van der Waals surface area (Å²) < 4.78 is 5.52. The van der Waals surface area contributed by atoms with Crippen molar-refractivity contribution in [2.75, 3.05) is 13.1 Å². The van der Waals surface area contributed by atoms with E-state index < -0.39 is 5.60 Å². The first-order valence-corrected chi connectivity index (χ1v) is 7.97. The van der Waals surface area contributed by atoms with Crippen LogP contribution in [0, 0.1) is 0 Å². The molecule has 2 aliphatic heterocycles. The molecule has 1 saturated heterocycles. The van der Waals surface area contributed by atoms with Gasteiger partial charge in [0.2, 0.25) is 5.91 Å². The summed E-state index contributed by atoms with van der Waals surface area (Å²) in [6.45, 7) is 8.72. The lowest BCUT2D eigenvalue weighted by Gasteiger charge is -2.37. The number of ether oxygens (including phenoxy) is 1. The lowest BCUT2D eigenvalue weighted by atomic mass is 9.92. The second-order valence-electron chi connectivity index (χ2n) is 6.76. The summed E-state index contributed by atoms with van der Waals surface area (Å²) >= 11 is 0. The number of amides is 2. The second kappa shape index (κ2) is 6.55. The Bertz CT molecular complexity index is 514. The topological polar surface area (TPSA) is 58.6 Å². The van der Waals surface area contributed by atoms with Crippen LogP contribution in [0.25, 0.3) is 0 Å². The smallest absolute Gasteiger partial charge is 0.410 e. The first-order valence-electron chi connectivity index (χ1n) is 7.97. The Balaban J connectivity index is 2.27. The van der Waals surface area contributed by atoms with E-state index in [0.717, 1.165) is 24.0 Å². The zero-order valence-electron chi connectivity index (χ0n) is 13.9. The third-order valence-corrected chi connectivity index (χ3v) is 3.76. The average molecular weight is 306 g/mol. The maximum Gasteiger partial charge on any atom is 0.410 e. The zero-order chi connectivity index (χ0) is 16.3. The molecule has 0 bridgehead atoms. The Hall–Kier alpha value is -1.78. The summed E-state index contributed by atoms with van der Waals surface area (Å²) in [4.78, 5) is 26.1. The lowest BCUT2D eigenvalue weighted by Crippen LogP contribution is -2.50. The molecule has 0 aromatic rings. The average Bonchev–Trinajstić information content (AvgIpc) is 2.57. The van der Waals surface area contributed by atoms with Gasteiger partial charge in [-0.05, 0) is 44.8 Å². The van der Waals surface area contributed by atoms with Gasteiger partial charge < -0.3 is 10.1 Å².